The summed E-state index contributed by atoms with van der Waals surface area (Å²) in [6.07, 6.45) is -1.41. The first-order valence-electron chi connectivity index (χ1n) is 5.61. The largest absolute Gasteiger partial charge is 0.511 e. The molecule has 17 heavy (non-hydrogen) atoms. The maximum atomic E-state index is 10.6. The lowest BCUT2D eigenvalue weighted by molar-refractivity contribution is 0.142. The van der Waals surface area contributed by atoms with E-state index in [9.17, 15) is 9.90 Å². The second-order valence-electron chi connectivity index (χ2n) is 4.60. The van der Waals surface area contributed by atoms with E-state index in [-0.39, 0.29) is 23.3 Å². The highest BCUT2D eigenvalue weighted by atomic mass is 16.7. The van der Waals surface area contributed by atoms with Crippen LogP contribution in [-0.2, 0) is 0 Å². The van der Waals surface area contributed by atoms with Crippen molar-refractivity contribution >= 4 is 6.16 Å². The molecule has 0 saturated carbocycles. The summed E-state index contributed by atoms with van der Waals surface area (Å²) in [6, 6.07) is 3.61. The van der Waals surface area contributed by atoms with E-state index < -0.39 is 6.16 Å². The Morgan fingerprint density at radius 3 is 2.00 bits per heavy atom. The molecule has 0 radical (unpaired) electrons. The van der Waals surface area contributed by atoms with Crippen molar-refractivity contribution in [1.29, 1.82) is 0 Å². The molecule has 0 amide bonds. The molecule has 4 nitrogen and oxygen atoms in total. The lowest BCUT2D eigenvalue weighted by atomic mass is 9.95. The minimum Gasteiger partial charge on any atom is -0.504 e. The Hall–Kier alpha value is -1.71. The van der Waals surface area contributed by atoms with Crippen LogP contribution in [0.15, 0.2) is 12.1 Å². The first-order chi connectivity index (χ1) is 7.84. The number of hydrogen-bond donors (Lipinski definition) is 2. The molecule has 0 aliphatic rings. The summed E-state index contributed by atoms with van der Waals surface area (Å²) in [6.45, 7) is 7.68. The molecule has 0 spiro atoms. The fraction of sp³-hybridized carbons (Fsp3) is 0.462. The highest BCUT2D eigenvalue weighted by Crippen LogP contribution is 2.40. The van der Waals surface area contributed by atoms with Gasteiger partial charge in [0, 0.05) is 11.1 Å². The molecule has 1 aromatic carbocycles. The van der Waals surface area contributed by atoms with E-state index in [0.29, 0.717) is 11.1 Å². The van der Waals surface area contributed by atoms with Gasteiger partial charge in [-0.1, -0.05) is 39.8 Å². The predicted molar refractivity (Wildman–Crippen MR) is 64.9 cm³/mol. The van der Waals surface area contributed by atoms with Gasteiger partial charge in [0.2, 0.25) is 0 Å². The van der Waals surface area contributed by atoms with Crippen molar-refractivity contribution in [1.82, 2.24) is 0 Å². The quantitative estimate of drug-likeness (QED) is 0.622. The molecule has 4 heteroatoms. The summed E-state index contributed by atoms with van der Waals surface area (Å²) in [4.78, 5) is 10.6. The van der Waals surface area contributed by atoms with Gasteiger partial charge in [-0.25, -0.2) is 4.79 Å². The molecule has 0 aromatic heterocycles. The summed E-state index contributed by atoms with van der Waals surface area (Å²) < 4.78 is 4.69. The van der Waals surface area contributed by atoms with E-state index in [2.05, 4.69) is 0 Å². The molecule has 0 unspecified atom stereocenters. The van der Waals surface area contributed by atoms with Gasteiger partial charge in [-0.3, -0.25) is 0 Å². The number of phenols is 1. The van der Waals surface area contributed by atoms with Gasteiger partial charge in [0.25, 0.3) is 0 Å². The zero-order valence-electron chi connectivity index (χ0n) is 10.5. The fourth-order valence-electron chi connectivity index (χ4n) is 1.72. The Bertz CT molecular complexity index is 422. The Kier molecular flexibility index (Phi) is 3.99. The third-order valence-electron chi connectivity index (χ3n) is 2.63. The van der Waals surface area contributed by atoms with Gasteiger partial charge < -0.3 is 14.9 Å². The van der Waals surface area contributed by atoms with Crippen molar-refractivity contribution in [3.63, 3.8) is 0 Å². The van der Waals surface area contributed by atoms with Crippen LogP contribution in [0.1, 0.15) is 50.7 Å². The molecule has 2 N–H and O–H groups in total. The van der Waals surface area contributed by atoms with Crippen molar-refractivity contribution in [3.8, 4) is 11.5 Å². The van der Waals surface area contributed by atoms with Crippen LogP contribution in [-0.4, -0.2) is 16.4 Å². The number of ether oxygens (including phenoxy) is 1. The van der Waals surface area contributed by atoms with Crippen LogP contribution >= 0.6 is 0 Å². The summed E-state index contributed by atoms with van der Waals surface area (Å²) in [5.74, 6) is 0.163. The number of carbonyl (C=O) groups is 1. The van der Waals surface area contributed by atoms with Crippen molar-refractivity contribution < 1.29 is 19.7 Å². The zero-order chi connectivity index (χ0) is 13.2. The van der Waals surface area contributed by atoms with Crippen LogP contribution in [0.2, 0.25) is 0 Å². The number of hydrogen-bond acceptors (Lipinski definition) is 3. The lowest BCUT2D eigenvalue weighted by Gasteiger charge is -2.17. The van der Waals surface area contributed by atoms with Gasteiger partial charge in [-0.2, -0.15) is 0 Å². The van der Waals surface area contributed by atoms with Crippen LogP contribution in [0, 0.1) is 0 Å². The SMILES string of the molecule is CC(C)c1ccc(C(C)C)c(OC(=O)O)c1O. The molecular formula is C13H18O4. The van der Waals surface area contributed by atoms with E-state index in [1.54, 1.807) is 6.07 Å². The van der Waals surface area contributed by atoms with Gasteiger partial charge in [0.05, 0.1) is 0 Å². The van der Waals surface area contributed by atoms with Crippen molar-refractivity contribution in [2.24, 2.45) is 0 Å². The standard InChI is InChI=1S/C13H18O4/c1-7(2)9-5-6-10(8(3)4)12(11(9)14)17-13(15)16/h5-8,14H,1-4H3,(H,15,16). The molecular weight excluding hydrogens is 220 g/mol. The molecule has 0 aliphatic carbocycles. The van der Waals surface area contributed by atoms with Crippen LogP contribution in [0.5, 0.6) is 11.5 Å². The normalized spacial score (nSPS) is 10.9. The van der Waals surface area contributed by atoms with E-state index in [4.69, 9.17) is 9.84 Å². The fourth-order valence-corrected chi connectivity index (χ4v) is 1.72. The van der Waals surface area contributed by atoms with Gasteiger partial charge in [0.15, 0.2) is 11.5 Å². The van der Waals surface area contributed by atoms with Crippen LogP contribution in [0.3, 0.4) is 0 Å². The minimum absolute atomic E-state index is 0.0544. The van der Waals surface area contributed by atoms with Crippen molar-refractivity contribution in [2.75, 3.05) is 0 Å². The summed E-state index contributed by atoms with van der Waals surface area (Å²) in [7, 11) is 0. The third kappa shape index (κ3) is 2.90. The smallest absolute Gasteiger partial charge is 0.504 e. The molecule has 0 atom stereocenters. The highest BCUT2D eigenvalue weighted by Gasteiger charge is 2.19. The van der Waals surface area contributed by atoms with E-state index in [1.165, 1.54) is 0 Å². The molecule has 0 saturated heterocycles. The van der Waals surface area contributed by atoms with Gasteiger partial charge in [-0.05, 0) is 11.8 Å². The monoisotopic (exact) mass is 238 g/mol. The topological polar surface area (TPSA) is 66.8 Å². The number of benzene rings is 1. The number of phenolic OH excluding ortho intramolecular Hbond substituents is 1. The van der Waals surface area contributed by atoms with Crippen LogP contribution in [0.25, 0.3) is 0 Å². The Morgan fingerprint density at radius 2 is 1.59 bits per heavy atom. The van der Waals surface area contributed by atoms with E-state index in [1.807, 2.05) is 33.8 Å². The zero-order valence-corrected chi connectivity index (χ0v) is 10.5. The second-order valence-corrected chi connectivity index (χ2v) is 4.60. The third-order valence-corrected chi connectivity index (χ3v) is 2.63. The summed E-state index contributed by atoms with van der Waals surface area (Å²) >= 11 is 0. The van der Waals surface area contributed by atoms with E-state index >= 15 is 0 Å². The number of rotatable bonds is 3. The first kappa shape index (κ1) is 13.4. The average Bonchev–Trinajstić information content (AvgIpc) is 2.19. The van der Waals surface area contributed by atoms with Gasteiger partial charge >= 0.3 is 6.16 Å². The molecule has 0 bridgehead atoms. The molecule has 0 heterocycles. The number of carboxylic acid groups (broad SMARTS) is 1. The molecule has 1 aromatic rings. The van der Waals surface area contributed by atoms with Crippen molar-refractivity contribution in [3.05, 3.63) is 23.3 Å². The first-order valence-corrected chi connectivity index (χ1v) is 5.61. The van der Waals surface area contributed by atoms with Gasteiger partial charge in [0.1, 0.15) is 0 Å². The molecule has 0 fully saturated rings. The van der Waals surface area contributed by atoms with Crippen molar-refractivity contribution in [2.45, 2.75) is 39.5 Å². The molecule has 1 rings (SSSR count). The average molecular weight is 238 g/mol. The Labute approximate surface area is 101 Å². The summed E-state index contributed by atoms with van der Waals surface area (Å²) in [5.41, 5.74) is 1.37. The second kappa shape index (κ2) is 5.08. The maximum absolute atomic E-state index is 10.6. The molecule has 94 valence electrons. The van der Waals surface area contributed by atoms with E-state index in [0.717, 1.165) is 0 Å². The van der Waals surface area contributed by atoms with Gasteiger partial charge in [-0.15, -0.1) is 0 Å². The Balaban J connectivity index is 3.36. The highest BCUT2D eigenvalue weighted by molar-refractivity contribution is 5.66. The minimum atomic E-state index is -1.41. The predicted octanol–water partition coefficient (Wildman–Crippen LogP) is 3.70. The number of aromatic hydroxyl groups is 1. The lowest BCUT2D eigenvalue weighted by Crippen LogP contribution is -2.07. The van der Waals surface area contributed by atoms with Crippen LogP contribution in [0.4, 0.5) is 4.79 Å². The maximum Gasteiger partial charge on any atom is 0.511 e. The summed E-state index contributed by atoms with van der Waals surface area (Å²) in [5, 5.41) is 18.7. The Morgan fingerprint density at radius 1 is 1.12 bits per heavy atom. The van der Waals surface area contributed by atoms with Crippen LogP contribution < -0.4 is 4.74 Å². The molecule has 0 aliphatic heterocycles.